The van der Waals surface area contributed by atoms with Gasteiger partial charge in [0.2, 0.25) is 5.91 Å². The molecule has 3 atom stereocenters. The molecule has 0 saturated heterocycles. The molecule has 1 aliphatic carbocycles. The van der Waals surface area contributed by atoms with E-state index < -0.39 is 0 Å². The Bertz CT molecular complexity index is 897. The van der Waals surface area contributed by atoms with Gasteiger partial charge in [-0.3, -0.25) is 9.59 Å². The van der Waals surface area contributed by atoms with Gasteiger partial charge in [0, 0.05) is 37.7 Å². The van der Waals surface area contributed by atoms with Crippen LogP contribution in [0.3, 0.4) is 0 Å². The number of hydrogen-bond donors (Lipinski definition) is 3. The average molecular weight is 438 g/mol. The van der Waals surface area contributed by atoms with Crippen molar-refractivity contribution in [2.75, 3.05) is 19.7 Å². The molecule has 3 unspecified atom stereocenters. The van der Waals surface area contributed by atoms with Gasteiger partial charge in [-0.25, -0.2) is 0 Å². The first-order valence-corrected chi connectivity index (χ1v) is 11.6. The van der Waals surface area contributed by atoms with Gasteiger partial charge in [0.25, 0.3) is 5.91 Å². The number of rotatable bonds is 10. The fourth-order valence-corrected chi connectivity index (χ4v) is 4.35. The lowest BCUT2D eigenvalue weighted by Gasteiger charge is -2.21. The maximum absolute atomic E-state index is 12.3. The van der Waals surface area contributed by atoms with Gasteiger partial charge in [-0.1, -0.05) is 24.3 Å². The highest BCUT2D eigenvalue weighted by atomic mass is 16.5. The molecule has 0 heterocycles. The summed E-state index contributed by atoms with van der Waals surface area (Å²) in [7, 11) is 0. The van der Waals surface area contributed by atoms with Gasteiger partial charge < -0.3 is 20.7 Å². The lowest BCUT2D eigenvalue weighted by molar-refractivity contribution is -0.118. The Hall–Kier alpha value is -2.86. The number of carbonyl (C=O) groups is 2. The lowest BCUT2D eigenvalue weighted by atomic mass is 9.96. The summed E-state index contributed by atoms with van der Waals surface area (Å²) in [5, 5.41) is 9.28. The topological polar surface area (TPSA) is 79.5 Å². The van der Waals surface area contributed by atoms with Gasteiger partial charge in [-0.05, 0) is 74.4 Å². The Morgan fingerprint density at radius 3 is 2.53 bits per heavy atom. The van der Waals surface area contributed by atoms with Gasteiger partial charge in [0.05, 0.1) is 6.61 Å². The molecule has 0 radical (unpaired) electrons. The summed E-state index contributed by atoms with van der Waals surface area (Å²) in [6, 6.07) is 17.0. The van der Waals surface area contributed by atoms with Crippen LogP contribution in [0.15, 0.2) is 48.5 Å². The average Bonchev–Trinajstić information content (AvgIpc) is 3.25. The van der Waals surface area contributed by atoms with Gasteiger partial charge in [-0.15, -0.1) is 0 Å². The summed E-state index contributed by atoms with van der Waals surface area (Å²) >= 11 is 0. The molecule has 6 heteroatoms. The largest absolute Gasteiger partial charge is 0.494 e. The zero-order valence-electron chi connectivity index (χ0n) is 19.3. The predicted molar refractivity (Wildman–Crippen MR) is 127 cm³/mol. The number of hydrogen-bond acceptors (Lipinski definition) is 4. The molecule has 6 nitrogen and oxygen atoms in total. The van der Waals surface area contributed by atoms with Crippen molar-refractivity contribution < 1.29 is 14.3 Å². The van der Waals surface area contributed by atoms with Crippen LogP contribution in [0.1, 0.15) is 73.5 Å². The molecule has 172 valence electrons. The maximum Gasteiger partial charge on any atom is 0.251 e. The fourth-order valence-electron chi connectivity index (χ4n) is 4.35. The van der Waals surface area contributed by atoms with E-state index in [4.69, 9.17) is 4.74 Å². The molecule has 32 heavy (non-hydrogen) atoms. The minimum absolute atomic E-state index is 0.0959. The van der Waals surface area contributed by atoms with E-state index in [2.05, 4.69) is 47.1 Å². The van der Waals surface area contributed by atoms with Gasteiger partial charge in [0.15, 0.2) is 0 Å². The molecule has 0 spiro atoms. The van der Waals surface area contributed by atoms with E-state index in [0.29, 0.717) is 37.2 Å². The van der Waals surface area contributed by atoms with E-state index in [0.717, 1.165) is 25.0 Å². The minimum atomic E-state index is -0.115. The molecule has 2 amide bonds. The Kier molecular flexibility index (Phi) is 8.68. The van der Waals surface area contributed by atoms with E-state index in [1.807, 2.05) is 31.2 Å². The molecule has 2 aromatic rings. The number of ether oxygens (including phenoxy) is 1. The molecule has 1 fully saturated rings. The van der Waals surface area contributed by atoms with Gasteiger partial charge in [-0.2, -0.15) is 0 Å². The Labute approximate surface area is 191 Å². The molecule has 0 aromatic heterocycles. The summed E-state index contributed by atoms with van der Waals surface area (Å²) in [4.78, 5) is 23.1. The van der Waals surface area contributed by atoms with E-state index in [1.165, 1.54) is 18.1 Å². The van der Waals surface area contributed by atoms with Crippen molar-refractivity contribution in [3.63, 3.8) is 0 Å². The first kappa shape index (κ1) is 23.8. The van der Waals surface area contributed by atoms with Crippen LogP contribution in [0.25, 0.3) is 0 Å². The molecule has 1 aliphatic rings. The maximum atomic E-state index is 12.3. The van der Waals surface area contributed by atoms with Crippen molar-refractivity contribution in [1.82, 2.24) is 16.0 Å². The van der Waals surface area contributed by atoms with Gasteiger partial charge in [0.1, 0.15) is 5.75 Å². The lowest BCUT2D eigenvalue weighted by Crippen LogP contribution is -2.33. The highest BCUT2D eigenvalue weighted by molar-refractivity contribution is 5.94. The van der Waals surface area contributed by atoms with Crippen molar-refractivity contribution in [3.05, 3.63) is 65.2 Å². The van der Waals surface area contributed by atoms with Crippen LogP contribution in [-0.2, 0) is 4.79 Å². The number of carbonyl (C=O) groups excluding carboxylic acids is 2. The van der Waals surface area contributed by atoms with E-state index in [9.17, 15) is 9.59 Å². The van der Waals surface area contributed by atoms with Crippen LogP contribution in [0.2, 0.25) is 0 Å². The van der Waals surface area contributed by atoms with E-state index in [1.54, 1.807) is 0 Å². The quantitative estimate of drug-likeness (QED) is 0.492. The highest BCUT2D eigenvalue weighted by Gasteiger charge is 2.27. The van der Waals surface area contributed by atoms with Crippen LogP contribution >= 0.6 is 0 Å². The van der Waals surface area contributed by atoms with Crippen LogP contribution in [-0.4, -0.2) is 37.6 Å². The molecule has 3 rings (SSSR count). The summed E-state index contributed by atoms with van der Waals surface area (Å²) in [6.07, 6.45) is 3.38. The molecule has 1 saturated carbocycles. The second-order valence-electron chi connectivity index (χ2n) is 8.46. The summed E-state index contributed by atoms with van der Waals surface area (Å²) in [6.45, 7) is 7.20. The first-order valence-electron chi connectivity index (χ1n) is 11.6. The van der Waals surface area contributed by atoms with Crippen LogP contribution in [0.5, 0.6) is 5.75 Å². The molecule has 3 N–H and O–H groups in total. The SMILES string of the molecule is CCOc1cccc(C(C)NC2CCC(c3ccc(C(=O)NCCNC(C)=O)cc3)C2)c1. The van der Waals surface area contributed by atoms with Crippen molar-refractivity contribution in [2.45, 2.75) is 58.0 Å². The van der Waals surface area contributed by atoms with Crippen molar-refractivity contribution in [1.29, 1.82) is 0 Å². The second kappa shape index (κ2) is 11.7. The smallest absolute Gasteiger partial charge is 0.251 e. The van der Waals surface area contributed by atoms with Crippen LogP contribution in [0, 0.1) is 0 Å². The summed E-state index contributed by atoms with van der Waals surface area (Å²) < 4.78 is 5.63. The number of benzene rings is 2. The molecular formula is C26H35N3O3. The third-order valence-corrected chi connectivity index (χ3v) is 6.02. The Morgan fingerprint density at radius 1 is 1.06 bits per heavy atom. The summed E-state index contributed by atoms with van der Waals surface area (Å²) in [5.74, 6) is 1.21. The highest BCUT2D eigenvalue weighted by Crippen LogP contribution is 2.35. The minimum Gasteiger partial charge on any atom is -0.494 e. The third kappa shape index (κ3) is 6.82. The Balaban J connectivity index is 1.49. The van der Waals surface area contributed by atoms with Crippen LogP contribution < -0.4 is 20.7 Å². The number of nitrogens with one attached hydrogen (secondary N) is 3. The first-order chi connectivity index (χ1) is 15.5. The molecule has 0 aliphatic heterocycles. The van der Waals surface area contributed by atoms with E-state index >= 15 is 0 Å². The third-order valence-electron chi connectivity index (χ3n) is 6.02. The molecule has 2 aromatic carbocycles. The van der Waals surface area contributed by atoms with Crippen molar-refractivity contribution in [2.24, 2.45) is 0 Å². The molecular weight excluding hydrogens is 402 g/mol. The van der Waals surface area contributed by atoms with Gasteiger partial charge >= 0.3 is 0 Å². The fraction of sp³-hybridized carbons (Fsp3) is 0.462. The number of amides is 2. The summed E-state index contributed by atoms with van der Waals surface area (Å²) in [5.41, 5.74) is 3.18. The van der Waals surface area contributed by atoms with E-state index in [-0.39, 0.29) is 17.9 Å². The second-order valence-corrected chi connectivity index (χ2v) is 8.46. The predicted octanol–water partition coefficient (Wildman–Crippen LogP) is 3.94. The van der Waals surface area contributed by atoms with Crippen molar-refractivity contribution in [3.8, 4) is 5.75 Å². The monoisotopic (exact) mass is 437 g/mol. The van der Waals surface area contributed by atoms with Crippen molar-refractivity contribution >= 4 is 11.8 Å². The Morgan fingerprint density at radius 2 is 1.81 bits per heavy atom. The molecule has 0 bridgehead atoms. The zero-order chi connectivity index (χ0) is 22.9. The van der Waals surface area contributed by atoms with Crippen LogP contribution in [0.4, 0.5) is 0 Å². The normalized spacial score (nSPS) is 18.7. The standard InChI is InChI=1S/C26H35N3O3/c1-4-32-25-7-5-6-22(17-25)18(2)29-24-13-12-23(16-24)20-8-10-21(11-9-20)26(31)28-15-14-27-19(3)30/h5-11,17-18,23-24,29H,4,12-16H2,1-3H3,(H,27,30)(H,28,31). The zero-order valence-corrected chi connectivity index (χ0v) is 19.3.